The summed E-state index contributed by atoms with van der Waals surface area (Å²) in [6.45, 7) is 0. The highest BCUT2D eigenvalue weighted by Gasteiger charge is 2.16. The molecular formula is C18H16N4OS. The topological polar surface area (TPSA) is 56.2 Å². The molecule has 3 heterocycles. The number of hydrogen-bond acceptors (Lipinski definition) is 5. The molecule has 0 bridgehead atoms. The lowest BCUT2D eigenvalue weighted by atomic mass is 9.90. The normalized spacial score (nSPS) is 14.2. The minimum Gasteiger partial charge on any atom is -0.461 e. The molecule has 0 unspecified atom stereocenters. The monoisotopic (exact) mass is 336 g/mol. The zero-order valence-electron chi connectivity index (χ0n) is 13.1. The maximum atomic E-state index is 5.42. The number of aromatic nitrogens is 4. The van der Waals surface area contributed by atoms with Crippen LogP contribution < -0.4 is 0 Å². The van der Waals surface area contributed by atoms with E-state index in [9.17, 15) is 0 Å². The van der Waals surface area contributed by atoms with Gasteiger partial charge in [-0.25, -0.2) is 0 Å². The summed E-state index contributed by atoms with van der Waals surface area (Å²) >= 11 is 1.58. The molecule has 5 rings (SSSR count). The molecule has 0 radical (unpaired) electrons. The minimum atomic E-state index is 0.656. The first-order chi connectivity index (χ1) is 11.9. The van der Waals surface area contributed by atoms with Crippen LogP contribution >= 0.6 is 11.3 Å². The molecule has 0 atom stereocenters. The molecule has 6 heteroatoms. The fourth-order valence-corrected chi connectivity index (χ4v) is 4.23. The standard InChI is InChI=1S/C18H16N4OS/c1-2-5-14-10-12(7-8-13(14)4-1)11-16-21-22-17(15-6-3-9-23-15)19-20-18(22)24-16/h3,6-10H,1-2,4-5,11H2. The average molecular weight is 336 g/mol. The summed E-state index contributed by atoms with van der Waals surface area (Å²) in [7, 11) is 0. The van der Waals surface area contributed by atoms with Crippen LogP contribution in [0.5, 0.6) is 0 Å². The zero-order chi connectivity index (χ0) is 15.9. The number of nitrogens with zero attached hydrogens (tertiary/aromatic N) is 4. The molecule has 3 aromatic heterocycles. The van der Waals surface area contributed by atoms with Gasteiger partial charge in [0.05, 0.1) is 6.26 Å². The third-order valence-corrected chi connectivity index (χ3v) is 5.44. The molecule has 0 aliphatic heterocycles. The van der Waals surface area contributed by atoms with Crippen molar-refractivity contribution in [1.29, 1.82) is 0 Å². The van der Waals surface area contributed by atoms with Gasteiger partial charge in [-0.05, 0) is 54.5 Å². The predicted octanol–water partition coefficient (Wildman–Crippen LogP) is 3.92. The number of benzene rings is 1. The van der Waals surface area contributed by atoms with E-state index in [-0.39, 0.29) is 0 Å². The highest BCUT2D eigenvalue weighted by Crippen LogP contribution is 2.26. The number of rotatable bonds is 3. The highest BCUT2D eigenvalue weighted by atomic mass is 32.1. The van der Waals surface area contributed by atoms with Crippen molar-refractivity contribution < 1.29 is 4.42 Å². The molecule has 120 valence electrons. The third-order valence-electron chi connectivity index (χ3n) is 4.54. The first kappa shape index (κ1) is 13.9. The van der Waals surface area contributed by atoms with Crippen LogP contribution in [0.15, 0.2) is 41.0 Å². The number of fused-ring (bicyclic) bond motifs is 2. The maximum Gasteiger partial charge on any atom is 0.235 e. The molecule has 4 aromatic rings. The van der Waals surface area contributed by atoms with Crippen molar-refractivity contribution >= 4 is 16.3 Å². The number of furan rings is 1. The smallest absolute Gasteiger partial charge is 0.235 e. The Morgan fingerprint density at radius 1 is 1.08 bits per heavy atom. The van der Waals surface area contributed by atoms with Crippen molar-refractivity contribution in [3.63, 3.8) is 0 Å². The Morgan fingerprint density at radius 3 is 2.88 bits per heavy atom. The van der Waals surface area contributed by atoms with Crippen LogP contribution in [0.3, 0.4) is 0 Å². The second-order valence-electron chi connectivity index (χ2n) is 6.18. The summed E-state index contributed by atoms with van der Waals surface area (Å²) in [5, 5.41) is 14.1. The second kappa shape index (κ2) is 5.56. The van der Waals surface area contributed by atoms with Gasteiger partial charge in [-0.2, -0.15) is 9.61 Å². The molecule has 1 aliphatic rings. The Morgan fingerprint density at radius 2 is 2.00 bits per heavy atom. The van der Waals surface area contributed by atoms with Gasteiger partial charge in [0, 0.05) is 6.42 Å². The second-order valence-corrected chi connectivity index (χ2v) is 7.22. The molecule has 0 saturated heterocycles. The lowest BCUT2D eigenvalue weighted by Gasteiger charge is -2.16. The quantitative estimate of drug-likeness (QED) is 0.569. The Labute approximate surface area is 143 Å². The largest absolute Gasteiger partial charge is 0.461 e. The Bertz CT molecular complexity index is 1000. The van der Waals surface area contributed by atoms with Gasteiger partial charge < -0.3 is 4.42 Å². The van der Waals surface area contributed by atoms with E-state index in [1.54, 1.807) is 22.1 Å². The molecule has 1 aliphatic carbocycles. The van der Waals surface area contributed by atoms with E-state index in [0.29, 0.717) is 11.6 Å². The van der Waals surface area contributed by atoms with E-state index >= 15 is 0 Å². The van der Waals surface area contributed by atoms with Gasteiger partial charge in [-0.1, -0.05) is 29.5 Å². The lowest BCUT2D eigenvalue weighted by Crippen LogP contribution is -2.03. The van der Waals surface area contributed by atoms with Crippen molar-refractivity contribution in [1.82, 2.24) is 19.8 Å². The highest BCUT2D eigenvalue weighted by molar-refractivity contribution is 7.16. The molecule has 0 spiro atoms. The van der Waals surface area contributed by atoms with Gasteiger partial charge >= 0.3 is 0 Å². The summed E-state index contributed by atoms with van der Waals surface area (Å²) < 4.78 is 7.19. The zero-order valence-corrected chi connectivity index (χ0v) is 13.9. The van der Waals surface area contributed by atoms with E-state index in [1.807, 2.05) is 12.1 Å². The van der Waals surface area contributed by atoms with Gasteiger partial charge in [-0.15, -0.1) is 10.2 Å². The van der Waals surface area contributed by atoms with Crippen LogP contribution in [0.1, 0.15) is 34.5 Å². The van der Waals surface area contributed by atoms with Crippen LogP contribution in [0, 0.1) is 0 Å². The maximum absolute atomic E-state index is 5.42. The van der Waals surface area contributed by atoms with Gasteiger partial charge in [-0.3, -0.25) is 0 Å². The summed E-state index contributed by atoms with van der Waals surface area (Å²) in [5.41, 5.74) is 4.35. The van der Waals surface area contributed by atoms with E-state index in [2.05, 4.69) is 33.5 Å². The third kappa shape index (κ3) is 2.34. The van der Waals surface area contributed by atoms with Crippen molar-refractivity contribution in [2.45, 2.75) is 32.1 Å². The van der Waals surface area contributed by atoms with Crippen LogP contribution in [-0.2, 0) is 19.3 Å². The van der Waals surface area contributed by atoms with Gasteiger partial charge in [0.2, 0.25) is 10.8 Å². The van der Waals surface area contributed by atoms with Crippen molar-refractivity contribution in [2.75, 3.05) is 0 Å². The van der Waals surface area contributed by atoms with E-state index in [4.69, 9.17) is 4.42 Å². The Kier molecular flexibility index (Phi) is 3.23. The number of aryl methyl sites for hydroxylation is 2. The average Bonchev–Trinajstić information content (AvgIpc) is 3.31. The molecule has 0 N–H and O–H groups in total. The first-order valence-electron chi connectivity index (χ1n) is 8.22. The fourth-order valence-electron chi connectivity index (χ4n) is 3.36. The summed E-state index contributed by atoms with van der Waals surface area (Å²) in [6, 6.07) is 10.6. The Balaban J connectivity index is 1.47. The van der Waals surface area contributed by atoms with Crippen LogP contribution in [0.25, 0.3) is 16.5 Å². The molecule has 0 fully saturated rings. The molecule has 5 nitrogen and oxygen atoms in total. The van der Waals surface area contributed by atoms with Gasteiger partial charge in [0.15, 0.2) is 5.76 Å². The Hall–Kier alpha value is -2.47. The van der Waals surface area contributed by atoms with Crippen molar-refractivity contribution in [3.8, 4) is 11.6 Å². The van der Waals surface area contributed by atoms with Crippen molar-refractivity contribution in [3.05, 3.63) is 58.3 Å². The molecule has 0 saturated carbocycles. The summed E-state index contributed by atoms with van der Waals surface area (Å²) in [5.74, 6) is 1.34. The minimum absolute atomic E-state index is 0.656. The van der Waals surface area contributed by atoms with Gasteiger partial charge in [0.1, 0.15) is 5.01 Å². The van der Waals surface area contributed by atoms with Crippen molar-refractivity contribution in [2.24, 2.45) is 0 Å². The summed E-state index contributed by atoms with van der Waals surface area (Å²) in [6.07, 6.45) is 7.52. The number of hydrogen-bond donors (Lipinski definition) is 0. The van der Waals surface area contributed by atoms with Crippen LogP contribution in [0.2, 0.25) is 0 Å². The van der Waals surface area contributed by atoms with E-state index in [1.165, 1.54) is 42.4 Å². The molecular weight excluding hydrogens is 320 g/mol. The predicted molar refractivity (Wildman–Crippen MR) is 92.3 cm³/mol. The van der Waals surface area contributed by atoms with E-state index in [0.717, 1.165) is 16.4 Å². The lowest BCUT2D eigenvalue weighted by molar-refractivity contribution is 0.574. The molecule has 1 aromatic carbocycles. The summed E-state index contributed by atoms with van der Waals surface area (Å²) in [4.78, 5) is 0.800. The van der Waals surface area contributed by atoms with Gasteiger partial charge in [0.25, 0.3) is 0 Å². The van der Waals surface area contributed by atoms with Crippen LogP contribution in [-0.4, -0.2) is 19.8 Å². The van der Waals surface area contributed by atoms with E-state index < -0.39 is 0 Å². The SMILES string of the molecule is c1coc(-c2nnc3sc(Cc4ccc5c(c4)CCCC5)nn23)c1. The first-order valence-corrected chi connectivity index (χ1v) is 9.04. The molecule has 24 heavy (non-hydrogen) atoms. The van der Waals surface area contributed by atoms with Crippen LogP contribution in [0.4, 0.5) is 0 Å². The fraction of sp³-hybridized carbons (Fsp3) is 0.278. The molecule has 0 amide bonds.